The topological polar surface area (TPSA) is 16.1 Å². The van der Waals surface area contributed by atoms with Crippen LogP contribution < -0.4 is 0 Å². The summed E-state index contributed by atoms with van der Waals surface area (Å²) in [5, 5.41) is 5.43. The number of hydrogen-bond donors (Lipinski definition) is 0. The minimum Gasteiger partial charge on any atom is -0.301 e. The van der Waals surface area contributed by atoms with E-state index in [1.54, 1.807) is 22.7 Å². The van der Waals surface area contributed by atoms with Crippen molar-refractivity contribution < 1.29 is 0 Å². The van der Waals surface area contributed by atoms with E-state index in [2.05, 4.69) is 46.7 Å². The maximum Gasteiger partial charge on any atom is 0.133 e. The molecule has 4 heteroatoms. The summed E-state index contributed by atoms with van der Waals surface area (Å²) in [5.41, 5.74) is 1.19. The largest absolute Gasteiger partial charge is 0.301 e. The quantitative estimate of drug-likeness (QED) is 0.782. The first-order valence-corrected chi connectivity index (χ1v) is 7.72. The molecule has 92 valence electrons. The Labute approximate surface area is 111 Å². The Morgan fingerprint density at radius 1 is 1.35 bits per heavy atom. The lowest BCUT2D eigenvalue weighted by Gasteiger charge is -2.13. The lowest BCUT2D eigenvalue weighted by molar-refractivity contribution is 0.318. The van der Waals surface area contributed by atoms with Crippen molar-refractivity contribution in [2.24, 2.45) is 0 Å². The highest BCUT2D eigenvalue weighted by atomic mass is 32.1. The lowest BCUT2D eigenvalue weighted by Crippen LogP contribution is -2.19. The molecule has 2 aromatic rings. The third-order valence-corrected chi connectivity index (χ3v) is 4.54. The minimum atomic E-state index is 0.960. The first kappa shape index (κ1) is 12.7. The van der Waals surface area contributed by atoms with E-state index in [0.717, 1.165) is 18.1 Å². The van der Waals surface area contributed by atoms with Crippen LogP contribution in [0.4, 0.5) is 0 Å². The summed E-state index contributed by atoms with van der Waals surface area (Å²) in [6.07, 6.45) is 2.51. The van der Waals surface area contributed by atoms with Crippen molar-refractivity contribution in [2.75, 3.05) is 13.6 Å². The highest BCUT2D eigenvalue weighted by Gasteiger charge is 2.07. The second-order valence-corrected chi connectivity index (χ2v) is 6.02. The molecule has 0 aliphatic rings. The van der Waals surface area contributed by atoms with E-state index >= 15 is 0 Å². The molecule has 17 heavy (non-hydrogen) atoms. The summed E-state index contributed by atoms with van der Waals surface area (Å²) in [5.74, 6) is 0. The van der Waals surface area contributed by atoms with Gasteiger partial charge in [-0.2, -0.15) is 0 Å². The molecule has 2 aromatic heterocycles. The Kier molecular flexibility index (Phi) is 4.71. The molecule has 2 heterocycles. The molecule has 2 rings (SSSR count). The van der Waals surface area contributed by atoms with E-state index in [1.807, 2.05) is 0 Å². The summed E-state index contributed by atoms with van der Waals surface area (Å²) >= 11 is 3.50. The fourth-order valence-electron chi connectivity index (χ4n) is 1.68. The summed E-state index contributed by atoms with van der Waals surface area (Å²) in [6.45, 7) is 4.34. The summed E-state index contributed by atoms with van der Waals surface area (Å²) < 4.78 is 0. The van der Waals surface area contributed by atoms with Gasteiger partial charge >= 0.3 is 0 Å². The zero-order valence-electron chi connectivity index (χ0n) is 10.3. The molecule has 0 saturated carbocycles. The number of rotatable bonds is 6. The van der Waals surface area contributed by atoms with E-state index in [4.69, 9.17) is 0 Å². The molecule has 0 spiro atoms. The Morgan fingerprint density at radius 2 is 2.24 bits per heavy atom. The first-order valence-electron chi connectivity index (χ1n) is 5.96. The van der Waals surface area contributed by atoms with Gasteiger partial charge < -0.3 is 4.90 Å². The monoisotopic (exact) mass is 266 g/mol. The Morgan fingerprint density at radius 3 is 2.94 bits per heavy atom. The molecule has 0 saturated heterocycles. The molecule has 0 amide bonds. The smallest absolute Gasteiger partial charge is 0.133 e. The van der Waals surface area contributed by atoms with E-state index < -0.39 is 0 Å². The zero-order chi connectivity index (χ0) is 12.1. The number of hydrogen-bond acceptors (Lipinski definition) is 4. The van der Waals surface area contributed by atoms with E-state index in [-0.39, 0.29) is 0 Å². The summed E-state index contributed by atoms with van der Waals surface area (Å²) in [6, 6.07) is 4.21. The fraction of sp³-hybridized carbons (Fsp3) is 0.462. The van der Waals surface area contributed by atoms with Crippen molar-refractivity contribution >= 4 is 22.7 Å². The highest BCUT2D eigenvalue weighted by molar-refractivity contribution is 7.20. The molecule has 0 N–H and O–H groups in total. The molecule has 0 atom stereocenters. The normalized spacial score (nSPS) is 11.2. The number of unbranched alkanes of at least 4 members (excludes halogenated alkanes) is 1. The van der Waals surface area contributed by atoms with Crippen LogP contribution >= 0.6 is 22.7 Å². The maximum atomic E-state index is 4.69. The Bertz CT molecular complexity index is 434. The number of thiazole rings is 1. The van der Waals surface area contributed by atoms with Crippen LogP contribution in [0.3, 0.4) is 0 Å². The van der Waals surface area contributed by atoms with Crippen LogP contribution in [0.1, 0.15) is 25.5 Å². The molecule has 2 nitrogen and oxygen atoms in total. The molecule has 0 fully saturated rings. The van der Waals surface area contributed by atoms with Crippen molar-refractivity contribution in [3.63, 3.8) is 0 Å². The molecule has 0 aliphatic carbocycles. The standard InChI is InChI=1S/C13H18N2S2/c1-3-4-7-15(2)9-11-10-17-13(14-11)12-6-5-8-16-12/h5-6,8,10H,3-4,7,9H2,1-2H3. The molecular formula is C13H18N2S2. The van der Waals surface area contributed by atoms with Crippen LogP contribution in [0.15, 0.2) is 22.9 Å². The van der Waals surface area contributed by atoms with E-state index in [0.29, 0.717) is 0 Å². The minimum absolute atomic E-state index is 0.960. The second kappa shape index (κ2) is 6.28. The average molecular weight is 266 g/mol. The van der Waals surface area contributed by atoms with Crippen LogP contribution in [0.2, 0.25) is 0 Å². The Balaban J connectivity index is 1.94. The molecule has 0 unspecified atom stereocenters. The van der Waals surface area contributed by atoms with Crippen LogP contribution in [0.25, 0.3) is 9.88 Å². The third kappa shape index (κ3) is 3.63. The van der Waals surface area contributed by atoms with Crippen LogP contribution in [0.5, 0.6) is 0 Å². The van der Waals surface area contributed by atoms with Crippen molar-refractivity contribution in [3.8, 4) is 9.88 Å². The van der Waals surface area contributed by atoms with Crippen molar-refractivity contribution in [1.82, 2.24) is 9.88 Å². The van der Waals surface area contributed by atoms with Crippen molar-refractivity contribution in [2.45, 2.75) is 26.3 Å². The zero-order valence-corrected chi connectivity index (χ0v) is 12.0. The van der Waals surface area contributed by atoms with Gasteiger partial charge in [0, 0.05) is 11.9 Å². The van der Waals surface area contributed by atoms with Gasteiger partial charge in [0.2, 0.25) is 0 Å². The van der Waals surface area contributed by atoms with Gasteiger partial charge in [-0.3, -0.25) is 0 Å². The average Bonchev–Trinajstić information content (AvgIpc) is 2.95. The maximum absolute atomic E-state index is 4.69. The van der Waals surface area contributed by atoms with Gasteiger partial charge in [-0.15, -0.1) is 22.7 Å². The number of nitrogens with zero attached hydrogens (tertiary/aromatic N) is 2. The number of aromatic nitrogens is 1. The second-order valence-electron chi connectivity index (χ2n) is 4.21. The fourth-order valence-corrected chi connectivity index (χ4v) is 3.30. The molecule has 0 radical (unpaired) electrons. The van der Waals surface area contributed by atoms with Gasteiger partial charge in [-0.25, -0.2) is 4.98 Å². The molecule has 0 bridgehead atoms. The van der Waals surface area contributed by atoms with Gasteiger partial charge in [-0.1, -0.05) is 19.4 Å². The lowest BCUT2D eigenvalue weighted by atomic mass is 10.3. The predicted octanol–water partition coefficient (Wildman–Crippen LogP) is 4.10. The van der Waals surface area contributed by atoms with Crippen molar-refractivity contribution in [1.29, 1.82) is 0 Å². The molecule has 0 aliphatic heterocycles. The van der Waals surface area contributed by atoms with Gasteiger partial charge in [0.15, 0.2) is 0 Å². The predicted molar refractivity (Wildman–Crippen MR) is 76.7 cm³/mol. The summed E-state index contributed by atoms with van der Waals surface area (Å²) in [7, 11) is 2.17. The summed E-state index contributed by atoms with van der Waals surface area (Å²) in [4.78, 5) is 8.31. The van der Waals surface area contributed by atoms with Gasteiger partial charge in [0.1, 0.15) is 5.01 Å². The molecular weight excluding hydrogens is 248 g/mol. The Hall–Kier alpha value is -0.710. The van der Waals surface area contributed by atoms with Gasteiger partial charge in [-0.05, 0) is 31.5 Å². The highest BCUT2D eigenvalue weighted by Crippen LogP contribution is 2.27. The van der Waals surface area contributed by atoms with Crippen molar-refractivity contribution in [3.05, 3.63) is 28.6 Å². The number of thiophene rings is 1. The van der Waals surface area contributed by atoms with Gasteiger partial charge in [0.25, 0.3) is 0 Å². The van der Waals surface area contributed by atoms with E-state index in [1.165, 1.54) is 23.4 Å². The van der Waals surface area contributed by atoms with Gasteiger partial charge in [0.05, 0.1) is 10.6 Å². The van der Waals surface area contributed by atoms with Crippen LogP contribution in [-0.2, 0) is 6.54 Å². The van der Waals surface area contributed by atoms with Crippen LogP contribution in [0, 0.1) is 0 Å². The third-order valence-electron chi connectivity index (χ3n) is 2.61. The van der Waals surface area contributed by atoms with Crippen LogP contribution in [-0.4, -0.2) is 23.5 Å². The molecule has 0 aromatic carbocycles. The first-order chi connectivity index (χ1) is 8.29. The SMILES string of the molecule is CCCCN(C)Cc1csc(-c2cccs2)n1. The van der Waals surface area contributed by atoms with E-state index in [9.17, 15) is 0 Å².